The monoisotopic (exact) mass is 262 g/mol. The standard InChI is InChI=1S/C16H26N2O/c1-16(2)9-8-12(15(16)17)11-18(3)13-6-5-7-14(10-13)19-4/h5-7,10,12,15H,8-9,11,17H2,1-4H3. The Morgan fingerprint density at radius 3 is 2.74 bits per heavy atom. The lowest BCUT2D eigenvalue weighted by atomic mass is 9.85. The van der Waals surface area contributed by atoms with E-state index in [2.05, 4.69) is 37.9 Å². The molecule has 2 rings (SSSR count). The average molecular weight is 262 g/mol. The summed E-state index contributed by atoms with van der Waals surface area (Å²) in [5, 5.41) is 0. The van der Waals surface area contributed by atoms with Gasteiger partial charge in [-0.15, -0.1) is 0 Å². The molecular weight excluding hydrogens is 236 g/mol. The second-order valence-corrected chi connectivity index (χ2v) is 6.40. The van der Waals surface area contributed by atoms with Crippen molar-refractivity contribution in [3.05, 3.63) is 24.3 Å². The van der Waals surface area contributed by atoms with Gasteiger partial charge >= 0.3 is 0 Å². The zero-order valence-corrected chi connectivity index (χ0v) is 12.5. The summed E-state index contributed by atoms with van der Waals surface area (Å²) in [5.74, 6) is 1.48. The molecule has 1 aromatic rings. The maximum atomic E-state index is 6.39. The molecule has 106 valence electrons. The minimum Gasteiger partial charge on any atom is -0.497 e. The van der Waals surface area contributed by atoms with E-state index >= 15 is 0 Å². The van der Waals surface area contributed by atoms with Gasteiger partial charge in [-0.05, 0) is 36.3 Å². The van der Waals surface area contributed by atoms with Gasteiger partial charge in [0.1, 0.15) is 5.75 Å². The van der Waals surface area contributed by atoms with Crippen LogP contribution in [-0.4, -0.2) is 26.7 Å². The van der Waals surface area contributed by atoms with Crippen LogP contribution < -0.4 is 15.4 Å². The summed E-state index contributed by atoms with van der Waals surface area (Å²) in [5.41, 5.74) is 7.86. The SMILES string of the molecule is COc1cccc(N(C)CC2CCC(C)(C)C2N)c1. The van der Waals surface area contributed by atoms with E-state index in [1.54, 1.807) is 7.11 Å². The van der Waals surface area contributed by atoms with E-state index < -0.39 is 0 Å². The van der Waals surface area contributed by atoms with Crippen LogP contribution in [0.4, 0.5) is 5.69 Å². The summed E-state index contributed by atoms with van der Waals surface area (Å²) in [6.07, 6.45) is 2.45. The van der Waals surface area contributed by atoms with Crippen LogP contribution in [0, 0.1) is 11.3 Å². The van der Waals surface area contributed by atoms with Crippen molar-refractivity contribution in [2.45, 2.75) is 32.7 Å². The maximum Gasteiger partial charge on any atom is 0.120 e. The van der Waals surface area contributed by atoms with Crippen molar-refractivity contribution >= 4 is 5.69 Å². The van der Waals surface area contributed by atoms with Gasteiger partial charge in [-0.2, -0.15) is 0 Å². The Labute approximate surface area is 116 Å². The van der Waals surface area contributed by atoms with Crippen LogP contribution in [0.15, 0.2) is 24.3 Å². The van der Waals surface area contributed by atoms with E-state index in [9.17, 15) is 0 Å². The van der Waals surface area contributed by atoms with E-state index in [-0.39, 0.29) is 5.41 Å². The number of nitrogens with zero attached hydrogens (tertiary/aromatic N) is 1. The third kappa shape index (κ3) is 3.03. The zero-order valence-electron chi connectivity index (χ0n) is 12.5. The van der Waals surface area contributed by atoms with Crippen molar-refractivity contribution < 1.29 is 4.74 Å². The second-order valence-electron chi connectivity index (χ2n) is 6.40. The number of benzene rings is 1. The Balaban J connectivity index is 2.03. The number of methoxy groups -OCH3 is 1. The molecule has 1 fully saturated rings. The number of ether oxygens (including phenoxy) is 1. The molecule has 1 aromatic carbocycles. The van der Waals surface area contributed by atoms with Gasteiger partial charge in [0, 0.05) is 31.4 Å². The first-order chi connectivity index (χ1) is 8.94. The third-order valence-corrected chi connectivity index (χ3v) is 4.57. The van der Waals surface area contributed by atoms with E-state index in [1.165, 1.54) is 18.5 Å². The predicted octanol–water partition coefficient (Wildman–Crippen LogP) is 2.89. The Morgan fingerprint density at radius 2 is 2.16 bits per heavy atom. The van der Waals surface area contributed by atoms with Crippen LogP contribution in [0.2, 0.25) is 0 Å². The second kappa shape index (κ2) is 5.41. The molecule has 0 spiro atoms. The Morgan fingerprint density at radius 1 is 1.42 bits per heavy atom. The molecule has 2 unspecified atom stereocenters. The number of nitrogens with two attached hydrogens (primary N) is 1. The zero-order chi connectivity index (χ0) is 14.0. The van der Waals surface area contributed by atoms with Gasteiger partial charge < -0.3 is 15.4 Å². The van der Waals surface area contributed by atoms with Gasteiger partial charge in [0.25, 0.3) is 0 Å². The molecule has 2 atom stereocenters. The fraction of sp³-hybridized carbons (Fsp3) is 0.625. The molecule has 0 amide bonds. The summed E-state index contributed by atoms with van der Waals surface area (Å²) in [6, 6.07) is 8.49. The van der Waals surface area contributed by atoms with Gasteiger partial charge in [0.05, 0.1) is 7.11 Å². The van der Waals surface area contributed by atoms with Crippen LogP contribution >= 0.6 is 0 Å². The fourth-order valence-electron chi connectivity index (χ4n) is 3.05. The van der Waals surface area contributed by atoms with Gasteiger partial charge in [-0.25, -0.2) is 0 Å². The average Bonchev–Trinajstić information content (AvgIpc) is 2.66. The van der Waals surface area contributed by atoms with Crippen molar-refractivity contribution in [3.63, 3.8) is 0 Å². The summed E-state index contributed by atoms with van der Waals surface area (Å²) >= 11 is 0. The molecule has 0 aliphatic heterocycles. The molecule has 2 N–H and O–H groups in total. The number of rotatable bonds is 4. The van der Waals surface area contributed by atoms with Gasteiger partial charge in [-0.3, -0.25) is 0 Å². The van der Waals surface area contributed by atoms with Gasteiger partial charge in [-0.1, -0.05) is 19.9 Å². The number of anilines is 1. The van der Waals surface area contributed by atoms with Crippen LogP contribution in [0.25, 0.3) is 0 Å². The molecule has 0 radical (unpaired) electrons. The molecule has 19 heavy (non-hydrogen) atoms. The highest BCUT2D eigenvalue weighted by Crippen LogP contribution is 2.40. The molecule has 3 heteroatoms. The quantitative estimate of drug-likeness (QED) is 0.906. The Hall–Kier alpha value is -1.22. The molecule has 0 aromatic heterocycles. The Bertz CT molecular complexity index is 431. The molecular formula is C16H26N2O. The van der Waals surface area contributed by atoms with E-state index in [0.29, 0.717) is 12.0 Å². The van der Waals surface area contributed by atoms with Crippen LogP contribution in [0.3, 0.4) is 0 Å². The summed E-state index contributed by atoms with van der Waals surface area (Å²) in [4.78, 5) is 2.29. The van der Waals surface area contributed by atoms with Crippen molar-refractivity contribution in [1.29, 1.82) is 0 Å². The highest BCUT2D eigenvalue weighted by atomic mass is 16.5. The van der Waals surface area contributed by atoms with E-state index in [1.807, 2.05) is 12.1 Å². The minimum absolute atomic E-state index is 0.278. The lowest BCUT2D eigenvalue weighted by Crippen LogP contribution is -2.41. The first-order valence-electron chi connectivity index (χ1n) is 7.05. The summed E-state index contributed by atoms with van der Waals surface area (Å²) in [7, 11) is 3.83. The van der Waals surface area contributed by atoms with Crippen molar-refractivity contribution in [2.75, 3.05) is 25.6 Å². The van der Waals surface area contributed by atoms with Gasteiger partial charge in [0.15, 0.2) is 0 Å². The fourth-order valence-corrected chi connectivity index (χ4v) is 3.05. The lowest BCUT2D eigenvalue weighted by Gasteiger charge is -2.30. The van der Waals surface area contributed by atoms with Crippen molar-refractivity contribution in [2.24, 2.45) is 17.1 Å². The van der Waals surface area contributed by atoms with Crippen molar-refractivity contribution in [3.8, 4) is 5.75 Å². The summed E-state index contributed by atoms with van der Waals surface area (Å²) < 4.78 is 5.28. The number of hydrogen-bond acceptors (Lipinski definition) is 3. The highest BCUT2D eigenvalue weighted by molar-refractivity contribution is 5.50. The topological polar surface area (TPSA) is 38.5 Å². The summed E-state index contributed by atoms with van der Waals surface area (Å²) in [6.45, 7) is 5.57. The molecule has 0 bridgehead atoms. The largest absolute Gasteiger partial charge is 0.497 e. The number of hydrogen-bond donors (Lipinski definition) is 1. The normalized spacial score (nSPS) is 25.3. The molecule has 0 saturated heterocycles. The molecule has 0 heterocycles. The highest BCUT2D eigenvalue weighted by Gasteiger charge is 2.39. The Kier molecular flexibility index (Phi) is 4.04. The van der Waals surface area contributed by atoms with Crippen LogP contribution in [0.5, 0.6) is 5.75 Å². The first kappa shape index (κ1) is 14.2. The minimum atomic E-state index is 0.278. The smallest absolute Gasteiger partial charge is 0.120 e. The maximum absolute atomic E-state index is 6.39. The van der Waals surface area contributed by atoms with Crippen LogP contribution in [0.1, 0.15) is 26.7 Å². The lowest BCUT2D eigenvalue weighted by molar-refractivity contribution is 0.301. The van der Waals surface area contributed by atoms with Crippen LogP contribution in [-0.2, 0) is 0 Å². The molecule has 1 saturated carbocycles. The third-order valence-electron chi connectivity index (χ3n) is 4.57. The molecule has 1 aliphatic rings. The first-order valence-corrected chi connectivity index (χ1v) is 7.05. The molecule has 1 aliphatic carbocycles. The van der Waals surface area contributed by atoms with E-state index in [0.717, 1.165) is 12.3 Å². The van der Waals surface area contributed by atoms with E-state index in [4.69, 9.17) is 10.5 Å². The predicted molar refractivity (Wildman–Crippen MR) is 80.7 cm³/mol. The van der Waals surface area contributed by atoms with Gasteiger partial charge in [0.2, 0.25) is 0 Å². The molecule has 3 nitrogen and oxygen atoms in total. The van der Waals surface area contributed by atoms with Crippen molar-refractivity contribution in [1.82, 2.24) is 0 Å².